The molecule has 0 aliphatic carbocycles. The first-order chi connectivity index (χ1) is 12.4. The SMILES string of the molecule is Cc1ccnc(CC(C)(O)c2nc3ccc(-n4cccc4)cc3[nH]2)c1C. The standard InChI is InChI=1S/C21H22N4O/c1-14-8-9-22-19(15(14)2)13-21(3,26)20-23-17-7-6-16(12-18(17)24-20)25-10-4-5-11-25/h4-12,26H,13H2,1-3H3,(H,23,24). The molecule has 132 valence electrons. The van der Waals surface area contributed by atoms with Crippen molar-refractivity contribution in [1.29, 1.82) is 0 Å². The second-order valence-corrected chi connectivity index (χ2v) is 7.03. The number of aryl methyl sites for hydroxylation is 1. The zero-order valence-corrected chi connectivity index (χ0v) is 15.2. The average molecular weight is 346 g/mol. The van der Waals surface area contributed by atoms with E-state index in [1.54, 1.807) is 13.1 Å². The van der Waals surface area contributed by atoms with E-state index in [1.165, 1.54) is 5.56 Å². The van der Waals surface area contributed by atoms with Crippen molar-refractivity contribution < 1.29 is 5.11 Å². The van der Waals surface area contributed by atoms with Crippen LogP contribution in [0.25, 0.3) is 16.7 Å². The summed E-state index contributed by atoms with van der Waals surface area (Å²) in [6.07, 6.45) is 6.20. The molecule has 0 aliphatic heterocycles. The Morgan fingerprint density at radius 3 is 2.69 bits per heavy atom. The lowest BCUT2D eigenvalue weighted by Crippen LogP contribution is -2.27. The Bertz CT molecular complexity index is 1060. The summed E-state index contributed by atoms with van der Waals surface area (Å²) in [5.74, 6) is 0.555. The first kappa shape index (κ1) is 16.5. The molecule has 0 amide bonds. The fourth-order valence-corrected chi connectivity index (χ4v) is 3.20. The zero-order valence-electron chi connectivity index (χ0n) is 15.2. The van der Waals surface area contributed by atoms with Crippen molar-refractivity contribution in [3.05, 3.63) is 77.6 Å². The minimum Gasteiger partial charge on any atom is -0.382 e. The minimum atomic E-state index is -1.13. The molecule has 3 aromatic heterocycles. The minimum absolute atomic E-state index is 0.408. The zero-order chi connectivity index (χ0) is 18.3. The van der Waals surface area contributed by atoms with Gasteiger partial charge in [-0.3, -0.25) is 4.98 Å². The van der Waals surface area contributed by atoms with Crippen LogP contribution < -0.4 is 0 Å². The van der Waals surface area contributed by atoms with Crippen LogP contribution in [0.3, 0.4) is 0 Å². The van der Waals surface area contributed by atoms with Gasteiger partial charge in [0.25, 0.3) is 0 Å². The highest BCUT2D eigenvalue weighted by Crippen LogP contribution is 2.27. The molecule has 26 heavy (non-hydrogen) atoms. The van der Waals surface area contributed by atoms with Crippen LogP contribution in [0.5, 0.6) is 0 Å². The van der Waals surface area contributed by atoms with Gasteiger partial charge >= 0.3 is 0 Å². The summed E-state index contributed by atoms with van der Waals surface area (Å²) in [6.45, 7) is 5.87. The molecule has 1 atom stereocenters. The molecule has 0 spiro atoms. The van der Waals surface area contributed by atoms with Crippen molar-refractivity contribution in [1.82, 2.24) is 19.5 Å². The first-order valence-corrected chi connectivity index (χ1v) is 8.71. The van der Waals surface area contributed by atoms with E-state index in [4.69, 9.17) is 0 Å². The third-order valence-electron chi connectivity index (χ3n) is 4.97. The van der Waals surface area contributed by atoms with Gasteiger partial charge in [0.2, 0.25) is 0 Å². The molecule has 5 heteroatoms. The van der Waals surface area contributed by atoms with Gasteiger partial charge in [0.05, 0.1) is 11.0 Å². The van der Waals surface area contributed by atoms with Crippen LogP contribution in [0.15, 0.2) is 55.0 Å². The Morgan fingerprint density at radius 1 is 1.15 bits per heavy atom. The molecular formula is C21H22N4O. The molecule has 2 N–H and O–H groups in total. The Hall–Kier alpha value is -2.92. The maximum absolute atomic E-state index is 11.1. The highest BCUT2D eigenvalue weighted by Gasteiger charge is 2.29. The molecule has 0 aliphatic rings. The Labute approximate surface area is 152 Å². The molecular weight excluding hydrogens is 324 g/mol. The molecule has 4 aromatic rings. The van der Waals surface area contributed by atoms with E-state index in [0.29, 0.717) is 12.2 Å². The lowest BCUT2D eigenvalue weighted by atomic mass is 9.95. The normalized spacial score (nSPS) is 13.8. The van der Waals surface area contributed by atoms with Crippen molar-refractivity contribution in [2.24, 2.45) is 0 Å². The summed E-state index contributed by atoms with van der Waals surface area (Å²) in [7, 11) is 0. The van der Waals surface area contributed by atoms with Crippen molar-refractivity contribution in [3.63, 3.8) is 0 Å². The van der Waals surface area contributed by atoms with Crippen LogP contribution in [0.2, 0.25) is 0 Å². The number of hydrogen-bond acceptors (Lipinski definition) is 3. The average Bonchev–Trinajstić information content (AvgIpc) is 3.27. The molecule has 3 heterocycles. The third kappa shape index (κ3) is 2.91. The number of rotatable bonds is 4. The number of hydrogen-bond donors (Lipinski definition) is 2. The van der Waals surface area contributed by atoms with Gasteiger partial charge in [0, 0.05) is 36.4 Å². The molecule has 5 nitrogen and oxygen atoms in total. The van der Waals surface area contributed by atoms with Crippen LogP contribution in [0.1, 0.15) is 29.6 Å². The van der Waals surface area contributed by atoms with Gasteiger partial charge < -0.3 is 14.7 Å². The van der Waals surface area contributed by atoms with Gasteiger partial charge in [0.15, 0.2) is 0 Å². The molecule has 4 rings (SSSR count). The number of aliphatic hydroxyl groups is 1. The largest absolute Gasteiger partial charge is 0.382 e. The van der Waals surface area contributed by atoms with E-state index in [2.05, 4.69) is 21.9 Å². The summed E-state index contributed by atoms with van der Waals surface area (Å²) < 4.78 is 2.04. The van der Waals surface area contributed by atoms with Crippen molar-refractivity contribution in [2.75, 3.05) is 0 Å². The number of nitrogens with zero attached hydrogens (tertiary/aromatic N) is 3. The van der Waals surface area contributed by atoms with Crippen molar-refractivity contribution in [3.8, 4) is 5.69 Å². The number of fused-ring (bicyclic) bond motifs is 1. The summed E-state index contributed by atoms with van der Waals surface area (Å²) in [6, 6.07) is 12.0. The van der Waals surface area contributed by atoms with Gasteiger partial charge in [-0.25, -0.2) is 4.98 Å². The van der Waals surface area contributed by atoms with E-state index in [0.717, 1.165) is 28.0 Å². The van der Waals surface area contributed by atoms with E-state index in [-0.39, 0.29) is 0 Å². The lowest BCUT2D eigenvalue weighted by Gasteiger charge is -2.21. The van der Waals surface area contributed by atoms with E-state index in [9.17, 15) is 5.11 Å². The van der Waals surface area contributed by atoms with Gasteiger partial charge in [-0.15, -0.1) is 0 Å². The van der Waals surface area contributed by atoms with Gasteiger partial charge in [-0.05, 0) is 68.3 Å². The summed E-state index contributed by atoms with van der Waals surface area (Å²) in [5.41, 5.74) is 4.84. The highest BCUT2D eigenvalue weighted by atomic mass is 16.3. The number of benzene rings is 1. The molecule has 1 aromatic carbocycles. The Morgan fingerprint density at radius 2 is 1.92 bits per heavy atom. The number of aromatic amines is 1. The predicted octanol–water partition coefficient (Wildman–Crippen LogP) is 3.82. The molecule has 0 saturated heterocycles. The topological polar surface area (TPSA) is 66.7 Å². The second kappa shape index (κ2) is 6.11. The summed E-state index contributed by atoms with van der Waals surface area (Å²) >= 11 is 0. The summed E-state index contributed by atoms with van der Waals surface area (Å²) in [5, 5.41) is 11.1. The number of imidazole rings is 1. The molecule has 1 unspecified atom stereocenters. The van der Waals surface area contributed by atoms with Crippen LogP contribution in [-0.2, 0) is 12.0 Å². The maximum atomic E-state index is 11.1. The number of H-pyrrole nitrogens is 1. The van der Waals surface area contributed by atoms with E-state index >= 15 is 0 Å². The first-order valence-electron chi connectivity index (χ1n) is 8.71. The van der Waals surface area contributed by atoms with E-state index in [1.807, 2.05) is 60.3 Å². The van der Waals surface area contributed by atoms with Crippen molar-refractivity contribution in [2.45, 2.75) is 32.8 Å². The quantitative estimate of drug-likeness (QED) is 0.590. The summed E-state index contributed by atoms with van der Waals surface area (Å²) in [4.78, 5) is 12.3. The number of pyridine rings is 1. The van der Waals surface area contributed by atoms with Gasteiger partial charge in [-0.2, -0.15) is 0 Å². The van der Waals surface area contributed by atoms with Crippen LogP contribution in [-0.4, -0.2) is 24.6 Å². The number of nitrogens with one attached hydrogen (secondary N) is 1. The smallest absolute Gasteiger partial charge is 0.139 e. The van der Waals surface area contributed by atoms with Gasteiger partial charge in [0.1, 0.15) is 11.4 Å². The predicted molar refractivity (Wildman–Crippen MR) is 102 cm³/mol. The Kier molecular flexibility index (Phi) is 3.89. The molecule has 0 bridgehead atoms. The van der Waals surface area contributed by atoms with Crippen LogP contribution in [0, 0.1) is 13.8 Å². The maximum Gasteiger partial charge on any atom is 0.139 e. The monoisotopic (exact) mass is 346 g/mol. The molecule has 0 radical (unpaired) electrons. The molecule has 0 saturated carbocycles. The van der Waals surface area contributed by atoms with Crippen molar-refractivity contribution >= 4 is 11.0 Å². The van der Waals surface area contributed by atoms with E-state index < -0.39 is 5.60 Å². The highest BCUT2D eigenvalue weighted by molar-refractivity contribution is 5.77. The molecule has 0 fully saturated rings. The fraction of sp³-hybridized carbons (Fsp3) is 0.238. The van der Waals surface area contributed by atoms with Crippen LogP contribution >= 0.6 is 0 Å². The van der Waals surface area contributed by atoms with Crippen LogP contribution in [0.4, 0.5) is 0 Å². The fourth-order valence-electron chi connectivity index (χ4n) is 3.20. The second-order valence-electron chi connectivity index (χ2n) is 7.03. The Balaban J connectivity index is 1.69. The number of aromatic nitrogens is 4. The van der Waals surface area contributed by atoms with Gasteiger partial charge in [-0.1, -0.05) is 0 Å². The third-order valence-corrected chi connectivity index (χ3v) is 4.97. The lowest BCUT2D eigenvalue weighted by molar-refractivity contribution is 0.0481.